The molecule has 2 aromatic carbocycles. The molecule has 0 saturated carbocycles. The van der Waals surface area contributed by atoms with Gasteiger partial charge >= 0.3 is 5.97 Å². The van der Waals surface area contributed by atoms with Crippen LogP contribution in [0.5, 0.6) is 5.75 Å². The molecule has 356 valence electrons. The van der Waals surface area contributed by atoms with Crippen molar-refractivity contribution >= 4 is 52.3 Å². The number of carbonyl (C=O) groups excluding carboxylic acids is 5. The second-order valence-electron chi connectivity index (χ2n) is 19.9. The first kappa shape index (κ1) is 48.4. The topological polar surface area (TPSA) is 197 Å². The van der Waals surface area contributed by atoms with Crippen molar-refractivity contribution < 1.29 is 38.6 Å². The van der Waals surface area contributed by atoms with E-state index in [2.05, 4.69) is 53.5 Å². The van der Waals surface area contributed by atoms with E-state index in [1.807, 2.05) is 39.1 Å². The number of nitrogens with one attached hydrogen (secondary N) is 3. The van der Waals surface area contributed by atoms with Crippen LogP contribution in [0.25, 0.3) is 27.6 Å². The molecule has 2 fully saturated rings. The quantitative estimate of drug-likeness (QED) is 0.156. The third-order valence-electron chi connectivity index (χ3n) is 13.5. The highest BCUT2D eigenvalue weighted by Crippen LogP contribution is 2.42. The fourth-order valence-electron chi connectivity index (χ4n) is 9.76. The number of hydrazine groups is 1. The van der Waals surface area contributed by atoms with Crippen molar-refractivity contribution in [1.29, 1.82) is 0 Å². The minimum Gasteiger partial charge on any atom is -0.508 e. The lowest BCUT2D eigenvalue weighted by Crippen LogP contribution is -2.62. The zero-order valence-electron chi connectivity index (χ0n) is 40.2. The van der Waals surface area contributed by atoms with Crippen molar-refractivity contribution in [2.45, 2.75) is 123 Å². The van der Waals surface area contributed by atoms with Crippen LogP contribution in [0.2, 0.25) is 0 Å². The lowest BCUT2D eigenvalue weighted by Gasteiger charge is -2.37. The number of likely N-dealkylation sites (N-methyl/N-ethyl adjacent to an activating group) is 2. The predicted octanol–water partition coefficient (Wildman–Crippen LogP) is 4.60. The first-order chi connectivity index (χ1) is 31.2. The first-order valence-electron chi connectivity index (χ1n) is 23.3. The molecule has 0 spiro atoms. The average molecular weight is 909 g/mol. The van der Waals surface area contributed by atoms with E-state index in [-0.39, 0.29) is 49.8 Å². The van der Waals surface area contributed by atoms with Crippen molar-refractivity contribution in [3.05, 3.63) is 58.9 Å². The number of nitrogens with zero attached hydrogens (tertiary/aromatic N) is 5. The molecule has 6 bridgehead atoms. The number of methoxy groups -OCH3 is 1. The van der Waals surface area contributed by atoms with E-state index < -0.39 is 52.8 Å². The minimum atomic E-state index is -1.17. The number of rotatable bonds is 11. The van der Waals surface area contributed by atoms with Crippen LogP contribution in [0.4, 0.5) is 0 Å². The largest absolute Gasteiger partial charge is 0.508 e. The monoisotopic (exact) mass is 909 g/mol. The van der Waals surface area contributed by atoms with Crippen LogP contribution < -0.4 is 16.1 Å². The fourth-order valence-corrected chi connectivity index (χ4v) is 9.76. The number of phenols is 1. The van der Waals surface area contributed by atoms with Gasteiger partial charge in [-0.05, 0) is 105 Å². The van der Waals surface area contributed by atoms with Crippen LogP contribution in [0.15, 0.2) is 47.1 Å². The molecular formula is C50H68N8O8. The summed E-state index contributed by atoms with van der Waals surface area (Å²) in [4.78, 5) is 77.2. The number of phenolic OH excluding ortho intramolecular Hbond substituents is 1. The smallest absolute Gasteiger partial charge is 0.324 e. The summed E-state index contributed by atoms with van der Waals surface area (Å²) in [5, 5.41) is 19.7. The minimum absolute atomic E-state index is 0.00987. The third-order valence-corrected chi connectivity index (χ3v) is 13.5. The Morgan fingerprint density at radius 2 is 1.82 bits per heavy atom. The Balaban J connectivity index is 1.30. The number of benzene rings is 2. The van der Waals surface area contributed by atoms with E-state index in [4.69, 9.17) is 14.5 Å². The first-order valence-corrected chi connectivity index (χ1v) is 23.3. The molecule has 66 heavy (non-hydrogen) atoms. The van der Waals surface area contributed by atoms with Crippen LogP contribution in [-0.4, -0.2) is 138 Å². The van der Waals surface area contributed by atoms with Gasteiger partial charge in [0.25, 0.3) is 5.91 Å². The Labute approximate surface area is 388 Å². The standard InChI is InChI=1S/C50H68N8O8/c1-11-57-40-17-16-32-24-36(40)37(44(57)35-14-12-18-51-42(35)30(4)65-10)25-49(5,6)28-66-47(63)38-15-13-19-58(54-38)46(62)39(22-31-20-33(32)23-34(59)21-31)53-45(61)43(29(2)3)56(9)41(60)26-55(8)48(64)50(7)27-52-50/h16-18,20-21,23-24,29-30,38-39,43,52,54,59H,11-15,19,22,25-28H2,1-10H3,(H,53,61)/t30-,38-,39-,43-,50+/m0/s1. The number of amides is 4. The summed E-state index contributed by atoms with van der Waals surface area (Å²) in [6.07, 6.45) is 4.80. The van der Waals surface area contributed by atoms with E-state index in [0.717, 1.165) is 57.4 Å². The number of fused-ring (bicyclic) bond motifs is 6. The predicted molar refractivity (Wildman–Crippen MR) is 253 cm³/mol. The van der Waals surface area contributed by atoms with E-state index >= 15 is 0 Å². The molecule has 3 aromatic rings. The molecule has 0 aliphatic carbocycles. The molecule has 1 aromatic heterocycles. The number of hydrogen-bond donors (Lipinski definition) is 4. The van der Waals surface area contributed by atoms with Crippen LogP contribution in [-0.2, 0) is 52.8 Å². The highest BCUT2D eigenvalue weighted by Gasteiger charge is 2.47. The van der Waals surface area contributed by atoms with E-state index in [1.54, 1.807) is 33.2 Å². The van der Waals surface area contributed by atoms with Crippen LogP contribution >= 0.6 is 0 Å². The number of aliphatic imine (C=N–C) groups is 1. The number of allylic oxidation sites excluding steroid dienone is 1. The van der Waals surface area contributed by atoms with Gasteiger partial charge in [0.05, 0.1) is 30.6 Å². The Morgan fingerprint density at radius 1 is 1.08 bits per heavy atom. The van der Waals surface area contributed by atoms with Crippen LogP contribution in [0, 0.1) is 11.3 Å². The van der Waals surface area contributed by atoms with Crippen molar-refractivity contribution in [1.82, 2.24) is 35.4 Å². The van der Waals surface area contributed by atoms with Crippen molar-refractivity contribution in [3.8, 4) is 16.9 Å². The molecule has 0 radical (unpaired) electrons. The summed E-state index contributed by atoms with van der Waals surface area (Å²) in [7, 11) is 4.78. The van der Waals surface area contributed by atoms with Gasteiger partial charge in [0.2, 0.25) is 17.7 Å². The summed E-state index contributed by atoms with van der Waals surface area (Å²) in [5.74, 6) is -2.56. The molecule has 4 aliphatic rings. The van der Waals surface area contributed by atoms with Gasteiger partial charge in [-0.25, -0.2) is 5.43 Å². The Hall–Kier alpha value is -5.58. The molecule has 4 amide bonds. The Bertz CT molecular complexity index is 2450. The number of hydrogen-bond acceptors (Lipinski definition) is 11. The number of ether oxygens (including phenoxy) is 2. The summed E-state index contributed by atoms with van der Waals surface area (Å²) in [6, 6.07) is 8.51. The Morgan fingerprint density at radius 3 is 2.50 bits per heavy atom. The molecule has 4 aliphatic heterocycles. The van der Waals surface area contributed by atoms with Gasteiger partial charge in [-0.3, -0.25) is 34.0 Å². The maximum Gasteiger partial charge on any atom is 0.324 e. The third kappa shape index (κ3) is 10.1. The molecular weight excluding hydrogens is 841 g/mol. The van der Waals surface area contributed by atoms with E-state index in [1.165, 1.54) is 21.9 Å². The lowest BCUT2D eigenvalue weighted by atomic mass is 9.83. The molecule has 16 nitrogen and oxygen atoms in total. The Kier molecular flexibility index (Phi) is 14.2. The maximum absolute atomic E-state index is 14.7. The lowest BCUT2D eigenvalue weighted by molar-refractivity contribution is -0.155. The molecule has 0 unspecified atom stereocenters. The summed E-state index contributed by atoms with van der Waals surface area (Å²) < 4.78 is 14.3. The van der Waals surface area contributed by atoms with Gasteiger partial charge in [0, 0.05) is 75.4 Å². The van der Waals surface area contributed by atoms with E-state index in [9.17, 15) is 29.1 Å². The molecule has 5 heterocycles. The zero-order valence-corrected chi connectivity index (χ0v) is 40.2. The van der Waals surface area contributed by atoms with Gasteiger partial charge in [-0.1, -0.05) is 39.8 Å². The number of cyclic esters (lactones) is 1. The molecule has 16 heteroatoms. The van der Waals surface area contributed by atoms with Crippen molar-refractivity contribution in [2.75, 3.05) is 47.4 Å². The summed E-state index contributed by atoms with van der Waals surface area (Å²) >= 11 is 0. The maximum atomic E-state index is 14.7. The average Bonchev–Trinajstić information content (AvgIpc) is 3.98. The number of aromatic nitrogens is 1. The zero-order chi connectivity index (χ0) is 47.8. The second kappa shape index (κ2) is 19.3. The molecule has 2 saturated heterocycles. The fraction of sp³-hybridized carbons (Fsp3) is 0.560. The number of aryl methyl sites for hydroxylation is 1. The second-order valence-corrected chi connectivity index (χ2v) is 19.9. The summed E-state index contributed by atoms with van der Waals surface area (Å²) in [5.41, 5.74) is 9.28. The summed E-state index contributed by atoms with van der Waals surface area (Å²) in [6.45, 7) is 15.1. The van der Waals surface area contributed by atoms with Gasteiger partial charge in [0.1, 0.15) is 29.4 Å². The number of carbonyl (C=O) groups is 5. The van der Waals surface area contributed by atoms with Gasteiger partial charge in [0.15, 0.2) is 0 Å². The molecule has 4 N–H and O–H groups in total. The van der Waals surface area contributed by atoms with Crippen molar-refractivity contribution in [2.24, 2.45) is 16.3 Å². The van der Waals surface area contributed by atoms with E-state index in [0.29, 0.717) is 37.9 Å². The molecule has 7 rings (SSSR count). The normalized spacial score (nSPS) is 23.0. The highest BCUT2D eigenvalue weighted by molar-refractivity contribution is 5.97. The number of esters is 1. The van der Waals surface area contributed by atoms with Gasteiger partial charge in [-0.2, -0.15) is 0 Å². The molecule has 5 atom stereocenters. The van der Waals surface area contributed by atoms with Crippen LogP contribution in [0.3, 0.4) is 0 Å². The van der Waals surface area contributed by atoms with Gasteiger partial charge < -0.3 is 39.6 Å². The highest BCUT2D eigenvalue weighted by atomic mass is 16.5. The SMILES string of the molecule is CCn1c(C2=C([C@H](C)OC)N=CCC2)c2c3cc(ccc31)-c1cc(O)cc(c1)C[C@H](NC(=O)[C@H](C(C)C)N(C)C(=O)CN(C)C(=O)[C@@]1(C)CN1)C(=O)N1CCC[C@H](N1)C(=O)OCC(C)(C)C2. The number of aromatic hydroxyl groups is 1. The van der Waals surface area contributed by atoms with Gasteiger partial charge in [-0.15, -0.1) is 0 Å². The van der Waals surface area contributed by atoms with Crippen molar-refractivity contribution in [3.63, 3.8) is 0 Å². The van der Waals surface area contributed by atoms with Crippen LogP contribution in [0.1, 0.15) is 91.0 Å².